The molecular formula is C27H25N5O5. The van der Waals surface area contributed by atoms with Crippen molar-refractivity contribution in [3.8, 4) is 11.8 Å². The second-order valence-electron chi connectivity index (χ2n) is 8.36. The number of nitrogens with one attached hydrogen (secondary N) is 1. The zero-order valence-electron chi connectivity index (χ0n) is 20.6. The highest BCUT2D eigenvalue weighted by molar-refractivity contribution is 5.94. The minimum Gasteiger partial charge on any atom is -0.454 e. The monoisotopic (exact) mass is 499 g/mol. The summed E-state index contributed by atoms with van der Waals surface area (Å²) < 4.78 is 9.10. The SMILES string of the molecule is CCn1c(=O)c2ccccc2n(CC(=O)OCC(=O)Nc2c(C#N)c(C)c(C)n2-c2ccccc2)c1=O. The van der Waals surface area contributed by atoms with Crippen molar-refractivity contribution in [1.29, 1.82) is 5.26 Å². The Kier molecular flexibility index (Phi) is 7.06. The Morgan fingerprint density at radius 1 is 1.00 bits per heavy atom. The van der Waals surface area contributed by atoms with Crippen LogP contribution in [0, 0.1) is 25.2 Å². The van der Waals surface area contributed by atoms with E-state index in [1.807, 2.05) is 37.3 Å². The molecule has 1 amide bonds. The smallest absolute Gasteiger partial charge is 0.332 e. The molecule has 10 nitrogen and oxygen atoms in total. The van der Waals surface area contributed by atoms with Crippen LogP contribution in [-0.2, 0) is 27.4 Å². The van der Waals surface area contributed by atoms with Crippen molar-refractivity contribution in [3.05, 3.63) is 92.3 Å². The Morgan fingerprint density at radius 3 is 2.35 bits per heavy atom. The molecule has 0 atom stereocenters. The Bertz CT molecular complexity index is 1670. The van der Waals surface area contributed by atoms with Gasteiger partial charge in [-0.1, -0.05) is 30.3 Å². The number of anilines is 1. The van der Waals surface area contributed by atoms with Crippen molar-refractivity contribution in [2.75, 3.05) is 11.9 Å². The lowest BCUT2D eigenvalue weighted by molar-refractivity contribution is -0.147. The van der Waals surface area contributed by atoms with Crippen molar-refractivity contribution in [1.82, 2.24) is 13.7 Å². The largest absolute Gasteiger partial charge is 0.454 e. The van der Waals surface area contributed by atoms with Crippen LogP contribution in [0.2, 0.25) is 0 Å². The van der Waals surface area contributed by atoms with Crippen LogP contribution in [0.25, 0.3) is 16.6 Å². The van der Waals surface area contributed by atoms with Gasteiger partial charge in [-0.25, -0.2) is 4.79 Å². The summed E-state index contributed by atoms with van der Waals surface area (Å²) in [7, 11) is 0. The van der Waals surface area contributed by atoms with Gasteiger partial charge in [0.15, 0.2) is 6.61 Å². The maximum absolute atomic E-state index is 12.8. The number of esters is 1. The molecule has 2 aromatic heterocycles. The number of nitrogens with zero attached hydrogens (tertiary/aromatic N) is 4. The normalized spacial score (nSPS) is 10.8. The van der Waals surface area contributed by atoms with Crippen molar-refractivity contribution in [2.45, 2.75) is 33.9 Å². The van der Waals surface area contributed by atoms with Crippen LogP contribution in [0.3, 0.4) is 0 Å². The minimum atomic E-state index is -0.824. The average Bonchev–Trinajstić information content (AvgIpc) is 3.14. The third kappa shape index (κ3) is 4.67. The number of para-hydroxylation sites is 2. The number of hydrogen-bond donors (Lipinski definition) is 1. The van der Waals surface area contributed by atoms with Crippen LogP contribution in [0.4, 0.5) is 5.82 Å². The first kappa shape index (κ1) is 25.2. The van der Waals surface area contributed by atoms with Crippen molar-refractivity contribution in [2.24, 2.45) is 0 Å². The third-order valence-corrected chi connectivity index (χ3v) is 6.20. The summed E-state index contributed by atoms with van der Waals surface area (Å²) in [6.45, 7) is 4.34. The van der Waals surface area contributed by atoms with E-state index in [0.29, 0.717) is 16.5 Å². The van der Waals surface area contributed by atoms with Gasteiger partial charge in [0.2, 0.25) is 0 Å². The van der Waals surface area contributed by atoms with Gasteiger partial charge in [0.05, 0.1) is 16.5 Å². The molecule has 0 unspecified atom stereocenters. The first-order chi connectivity index (χ1) is 17.8. The number of carbonyl (C=O) groups excluding carboxylic acids is 2. The molecule has 0 aliphatic rings. The predicted molar refractivity (Wildman–Crippen MR) is 138 cm³/mol. The highest BCUT2D eigenvalue weighted by Crippen LogP contribution is 2.29. The van der Waals surface area contributed by atoms with Gasteiger partial charge in [0.25, 0.3) is 11.5 Å². The van der Waals surface area contributed by atoms with Crippen molar-refractivity contribution < 1.29 is 14.3 Å². The minimum absolute atomic E-state index is 0.140. The first-order valence-electron chi connectivity index (χ1n) is 11.6. The van der Waals surface area contributed by atoms with E-state index in [1.54, 1.807) is 42.7 Å². The second-order valence-corrected chi connectivity index (χ2v) is 8.36. The van der Waals surface area contributed by atoms with Crippen LogP contribution in [0.5, 0.6) is 0 Å². The number of nitriles is 1. The summed E-state index contributed by atoms with van der Waals surface area (Å²) in [4.78, 5) is 50.8. The average molecular weight is 500 g/mol. The third-order valence-electron chi connectivity index (χ3n) is 6.20. The molecule has 1 N–H and O–H groups in total. The van der Waals surface area contributed by atoms with E-state index in [1.165, 1.54) is 0 Å². The molecule has 0 spiro atoms. The number of carbonyl (C=O) groups is 2. The fraction of sp³-hybridized carbons (Fsp3) is 0.222. The number of amides is 1. The molecule has 0 aliphatic heterocycles. The number of fused-ring (bicyclic) bond motifs is 1. The highest BCUT2D eigenvalue weighted by Gasteiger charge is 2.22. The first-order valence-corrected chi connectivity index (χ1v) is 11.6. The molecule has 0 aliphatic carbocycles. The van der Waals surface area contributed by atoms with E-state index >= 15 is 0 Å². The van der Waals surface area contributed by atoms with E-state index in [9.17, 15) is 24.4 Å². The summed E-state index contributed by atoms with van der Waals surface area (Å²) in [5.41, 5.74) is 1.79. The summed E-state index contributed by atoms with van der Waals surface area (Å²) in [5.74, 6) is -1.19. The number of rotatable bonds is 7. The maximum atomic E-state index is 12.8. The molecule has 0 saturated carbocycles. The predicted octanol–water partition coefficient (Wildman–Crippen LogP) is 2.64. The van der Waals surface area contributed by atoms with Crippen LogP contribution in [0.1, 0.15) is 23.7 Å². The maximum Gasteiger partial charge on any atom is 0.332 e. The van der Waals surface area contributed by atoms with Crippen LogP contribution in [0.15, 0.2) is 64.2 Å². The molecule has 0 fully saturated rings. The van der Waals surface area contributed by atoms with Gasteiger partial charge in [-0.15, -0.1) is 0 Å². The molecular weight excluding hydrogens is 474 g/mol. The van der Waals surface area contributed by atoms with Crippen molar-refractivity contribution in [3.63, 3.8) is 0 Å². The summed E-state index contributed by atoms with van der Waals surface area (Å²) >= 11 is 0. The Hall–Kier alpha value is -4.91. The van der Waals surface area contributed by atoms with Gasteiger partial charge < -0.3 is 10.1 Å². The zero-order chi connectivity index (χ0) is 26.7. The number of aromatic nitrogens is 3. The van der Waals surface area contributed by atoms with Gasteiger partial charge >= 0.3 is 11.7 Å². The van der Waals surface area contributed by atoms with Crippen LogP contribution in [-0.4, -0.2) is 32.2 Å². The number of ether oxygens (including phenoxy) is 1. The topological polar surface area (TPSA) is 128 Å². The van der Waals surface area contributed by atoms with Crippen LogP contribution < -0.4 is 16.6 Å². The van der Waals surface area contributed by atoms with Gasteiger partial charge in [0, 0.05) is 17.9 Å². The molecule has 0 bridgehead atoms. The van der Waals surface area contributed by atoms with E-state index in [-0.39, 0.29) is 12.4 Å². The van der Waals surface area contributed by atoms with Gasteiger partial charge in [-0.05, 0) is 50.6 Å². The molecule has 4 aromatic rings. The van der Waals surface area contributed by atoms with Gasteiger partial charge in [-0.3, -0.25) is 28.1 Å². The lowest BCUT2D eigenvalue weighted by Crippen LogP contribution is -2.41. The van der Waals surface area contributed by atoms with E-state index < -0.39 is 36.3 Å². The second kappa shape index (κ2) is 10.4. The lowest BCUT2D eigenvalue weighted by Gasteiger charge is -2.14. The number of benzene rings is 2. The van der Waals surface area contributed by atoms with Gasteiger partial charge in [0.1, 0.15) is 18.4 Å². The summed E-state index contributed by atoms with van der Waals surface area (Å²) in [6.07, 6.45) is 0. The summed E-state index contributed by atoms with van der Waals surface area (Å²) in [6, 6.07) is 17.9. The lowest BCUT2D eigenvalue weighted by atomic mass is 10.2. The zero-order valence-corrected chi connectivity index (χ0v) is 20.6. The highest BCUT2D eigenvalue weighted by atomic mass is 16.5. The van der Waals surface area contributed by atoms with Gasteiger partial charge in [-0.2, -0.15) is 5.26 Å². The molecule has 4 rings (SSSR count). The van der Waals surface area contributed by atoms with Crippen molar-refractivity contribution >= 4 is 28.6 Å². The Balaban J connectivity index is 1.54. The molecule has 0 saturated heterocycles. The van der Waals surface area contributed by atoms with E-state index in [4.69, 9.17) is 4.74 Å². The molecule has 188 valence electrons. The molecule has 10 heteroatoms. The molecule has 0 radical (unpaired) electrons. The Morgan fingerprint density at radius 2 is 1.68 bits per heavy atom. The van der Waals surface area contributed by atoms with E-state index in [2.05, 4.69) is 11.4 Å². The standard InChI is InChI=1S/C27H25N5O5/c1-4-30-26(35)20-12-8-9-13-22(20)31(27(30)36)15-24(34)37-16-23(33)29-25-21(14-28)17(2)18(3)32(25)19-10-6-5-7-11-19/h5-13H,4,15-16H2,1-3H3,(H,29,33). The van der Waals surface area contributed by atoms with Crippen LogP contribution >= 0.6 is 0 Å². The Labute approximate surface area is 211 Å². The molecule has 2 heterocycles. The molecule has 37 heavy (non-hydrogen) atoms. The fourth-order valence-corrected chi connectivity index (χ4v) is 4.25. The van der Waals surface area contributed by atoms with E-state index in [0.717, 1.165) is 26.1 Å². The summed E-state index contributed by atoms with van der Waals surface area (Å²) in [5, 5.41) is 12.7. The fourth-order valence-electron chi connectivity index (χ4n) is 4.25. The molecule has 2 aromatic carbocycles. The quantitative estimate of drug-likeness (QED) is 0.390. The number of hydrogen-bond acceptors (Lipinski definition) is 6.